The smallest absolute Gasteiger partial charge is 0.310 e. The molecule has 0 saturated heterocycles. The molecule has 0 aromatic carbocycles. The summed E-state index contributed by atoms with van der Waals surface area (Å²) in [4.78, 5) is 20.9. The topological polar surface area (TPSA) is 129 Å². The van der Waals surface area contributed by atoms with Gasteiger partial charge in [0.25, 0.3) is 0 Å². The molecular formula is C23H51N3O6. The molecule has 0 aromatic rings. The SMILES string of the molecule is C=COC(=O)CC.CCC(=O)O[C@H](C)CCNC.CNCCC(C)O.CNCC[C@H](C)O. The minimum atomic E-state index is -0.241. The first-order valence-corrected chi connectivity index (χ1v) is 11.4. The molecule has 9 nitrogen and oxygen atoms in total. The van der Waals surface area contributed by atoms with Crippen LogP contribution in [0.2, 0.25) is 0 Å². The van der Waals surface area contributed by atoms with Crippen molar-refractivity contribution in [2.75, 3.05) is 40.8 Å². The normalized spacial score (nSPS) is 12.2. The second kappa shape index (κ2) is 31.7. The molecule has 9 heteroatoms. The highest BCUT2D eigenvalue weighted by Gasteiger charge is 2.05. The molecule has 0 aliphatic carbocycles. The number of aliphatic hydroxyl groups excluding tert-OH is 2. The number of ether oxygens (including phenoxy) is 2. The van der Waals surface area contributed by atoms with Crippen LogP contribution in [0.1, 0.15) is 66.7 Å². The average Bonchev–Trinajstić information content (AvgIpc) is 2.76. The Kier molecular flexibility index (Phi) is 37.4. The molecule has 0 fully saturated rings. The van der Waals surface area contributed by atoms with E-state index in [2.05, 4.69) is 27.3 Å². The quantitative estimate of drug-likeness (QED) is 0.205. The van der Waals surface area contributed by atoms with Gasteiger partial charge in [-0.15, -0.1) is 0 Å². The van der Waals surface area contributed by atoms with Crippen LogP contribution < -0.4 is 16.0 Å². The lowest BCUT2D eigenvalue weighted by Crippen LogP contribution is -2.19. The van der Waals surface area contributed by atoms with Crippen LogP contribution in [0.5, 0.6) is 0 Å². The van der Waals surface area contributed by atoms with Crippen molar-refractivity contribution in [3.63, 3.8) is 0 Å². The van der Waals surface area contributed by atoms with E-state index in [1.807, 2.05) is 28.1 Å². The molecule has 0 rings (SSSR count). The molecule has 0 radical (unpaired) electrons. The lowest BCUT2D eigenvalue weighted by atomic mass is 10.3. The molecule has 0 bridgehead atoms. The van der Waals surface area contributed by atoms with E-state index >= 15 is 0 Å². The van der Waals surface area contributed by atoms with Gasteiger partial charge in [-0.25, -0.2) is 0 Å². The molecule has 5 N–H and O–H groups in total. The Morgan fingerprint density at radius 3 is 1.41 bits per heavy atom. The Bertz CT molecular complexity index is 395. The fourth-order valence-corrected chi connectivity index (χ4v) is 1.60. The van der Waals surface area contributed by atoms with Crippen molar-refractivity contribution in [1.29, 1.82) is 0 Å². The zero-order valence-electron chi connectivity index (χ0n) is 21.7. The number of carbonyl (C=O) groups excluding carboxylic acids is 2. The van der Waals surface area contributed by atoms with E-state index in [0.717, 1.165) is 45.2 Å². The monoisotopic (exact) mass is 465 g/mol. The van der Waals surface area contributed by atoms with E-state index < -0.39 is 0 Å². The van der Waals surface area contributed by atoms with Gasteiger partial charge in [-0.2, -0.15) is 0 Å². The van der Waals surface area contributed by atoms with E-state index in [9.17, 15) is 9.59 Å². The molecule has 0 aliphatic rings. The van der Waals surface area contributed by atoms with Gasteiger partial charge >= 0.3 is 11.9 Å². The van der Waals surface area contributed by atoms with Crippen LogP contribution in [0, 0.1) is 0 Å². The number of hydrogen-bond donors (Lipinski definition) is 5. The van der Waals surface area contributed by atoms with Crippen molar-refractivity contribution in [1.82, 2.24) is 16.0 Å². The summed E-state index contributed by atoms with van der Waals surface area (Å²) in [5.41, 5.74) is 0. The largest absolute Gasteiger partial charge is 0.463 e. The Morgan fingerprint density at radius 2 is 1.19 bits per heavy atom. The molecule has 32 heavy (non-hydrogen) atoms. The first-order valence-electron chi connectivity index (χ1n) is 11.4. The van der Waals surface area contributed by atoms with Gasteiger partial charge in [0, 0.05) is 12.8 Å². The second-order valence-corrected chi connectivity index (χ2v) is 7.04. The van der Waals surface area contributed by atoms with Crippen molar-refractivity contribution >= 4 is 11.9 Å². The summed E-state index contributed by atoms with van der Waals surface area (Å²) in [7, 11) is 5.64. The van der Waals surface area contributed by atoms with Gasteiger partial charge in [-0.3, -0.25) is 9.59 Å². The number of esters is 2. The van der Waals surface area contributed by atoms with Gasteiger partial charge in [0.1, 0.15) is 6.10 Å². The molecule has 0 spiro atoms. The van der Waals surface area contributed by atoms with Crippen molar-refractivity contribution in [2.24, 2.45) is 0 Å². The Morgan fingerprint density at radius 1 is 0.812 bits per heavy atom. The van der Waals surface area contributed by atoms with Gasteiger partial charge in [-0.1, -0.05) is 20.4 Å². The lowest BCUT2D eigenvalue weighted by molar-refractivity contribution is -0.148. The third kappa shape index (κ3) is 46.6. The van der Waals surface area contributed by atoms with E-state index in [1.54, 1.807) is 27.7 Å². The van der Waals surface area contributed by atoms with E-state index in [-0.39, 0.29) is 30.3 Å². The van der Waals surface area contributed by atoms with Gasteiger partial charge < -0.3 is 35.6 Å². The van der Waals surface area contributed by atoms with E-state index in [0.29, 0.717) is 12.8 Å². The molecule has 3 atom stereocenters. The minimum absolute atomic E-state index is 0.0369. The highest BCUT2D eigenvalue weighted by molar-refractivity contribution is 5.69. The number of rotatable bonds is 13. The molecule has 194 valence electrons. The maximum atomic E-state index is 10.7. The summed E-state index contributed by atoms with van der Waals surface area (Å²) < 4.78 is 9.34. The zero-order valence-corrected chi connectivity index (χ0v) is 21.7. The Labute approximate surface area is 196 Å². The standard InChI is InChI=1S/C8H17NO2.2C5H13NO.C5H8O2/c1-4-8(10)11-7(2)5-6-9-3;2*1-5(7)3-4-6-2;1-3-5(6)7-4-2/h7,9H,4-6H2,1-3H3;2*5-7H,3-4H2,1-2H3;4H,2-3H2,1H3/t7-;5-;;/m10../s1. The van der Waals surface area contributed by atoms with Gasteiger partial charge in [0.15, 0.2) is 0 Å². The predicted molar refractivity (Wildman–Crippen MR) is 131 cm³/mol. The van der Waals surface area contributed by atoms with Crippen molar-refractivity contribution in [3.05, 3.63) is 12.8 Å². The molecule has 0 aromatic heterocycles. The maximum Gasteiger partial charge on any atom is 0.310 e. The predicted octanol–water partition coefficient (Wildman–Crippen LogP) is 1.97. The van der Waals surface area contributed by atoms with Crippen LogP contribution in [-0.4, -0.2) is 81.2 Å². The van der Waals surface area contributed by atoms with Crippen LogP contribution in [0.15, 0.2) is 12.8 Å². The van der Waals surface area contributed by atoms with Crippen LogP contribution in [-0.2, 0) is 19.1 Å². The second-order valence-electron chi connectivity index (χ2n) is 7.04. The first kappa shape index (κ1) is 37.8. The van der Waals surface area contributed by atoms with Crippen LogP contribution in [0.25, 0.3) is 0 Å². The van der Waals surface area contributed by atoms with Crippen molar-refractivity contribution < 1.29 is 29.3 Å². The first-order chi connectivity index (χ1) is 15.1. The lowest BCUT2D eigenvalue weighted by Gasteiger charge is -2.11. The molecule has 0 amide bonds. The summed E-state index contributed by atoms with van der Waals surface area (Å²) in [5.74, 6) is -0.358. The van der Waals surface area contributed by atoms with Crippen LogP contribution in [0.4, 0.5) is 0 Å². The average molecular weight is 466 g/mol. The third-order valence-corrected chi connectivity index (χ3v) is 3.55. The minimum Gasteiger partial charge on any atom is -0.463 e. The summed E-state index contributed by atoms with van der Waals surface area (Å²) in [6.07, 6.45) is 4.28. The highest BCUT2D eigenvalue weighted by atomic mass is 16.5. The highest BCUT2D eigenvalue weighted by Crippen LogP contribution is 1.97. The van der Waals surface area contributed by atoms with Crippen LogP contribution in [0.3, 0.4) is 0 Å². The van der Waals surface area contributed by atoms with Gasteiger partial charge in [0.2, 0.25) is 0 Å². The van der Waals surface area contributed by atoms with E-state index in [1.165, 1.54) is 0 Å². The van der Waals surface area contributed by atoms with Crippen molar-refractivity contribution in [2.45, 2.75) is 85.0 Å². The molecule has 0 aliphatic heterocycles. The third-order valence-electron chi connectivity index (χ3n) is 3.55. The zero-order chi connectivity index (χ0) is 25.8. The molecule has 0 saturated carbocycles. The molecule has 1 unspecified atom stereocenters. The summed E-state index contributed by atoms with van der Waals surface area (Å²) in [6.45, 7) is 14.9. The maximum absolute atomic E-state index is 10.7. The summed E-state index contributed by atoms with van der Waals surface area (Å²) in [5, 5.41) is 26.2. The fourth-order valence-electron chi connectivity index (χ4n) is 1.60. The summed E-state index contributed by atoms with van der Waals surface area (Å²) >= 11 is 0. The van der Waals surface area contributed by atoms with Crippen molar-refractivity contribution in [3.8, 4) is 0 Å². The Balaban J connectivity index is -0.000000167. The Hall–Kier alpha value is -1.52. The van der Waals surface area contributed by atoms with Crippen LogP contribution >= 0.6 is 0 Å². The molecular weight excluding hydrogens is 414 g/mol. The number of nitrogens with one attached hydrogen (secondary N) is 3. The molecule has 0 heterocycles. The van der Waals surface area contributed by atoms with Gasteiger partial charge in [0.05, 0.1) is 18.5 Å². The number of aliphatic hydroxyl groups is 2. The fraction of sp³-hybridized carbons (Fsp3) is 0.826. The summed E-state index contributed by atoms with van der Waals surface area (Å²) in [6, 6.07) is 0. The van der Waals surface area contributed by atoms with E-state index in [4.69, 9.17) is 14.9 Å². The van der Waals surface area contributed by atoms with Gasteiger partial charge in [-0.05, 0) is 80.8 Å². The number of hydrogen-bond acceptors (Lipinski definition) is 9. The number of carbonyl (C=O) groups is 2.